The van der Waals surface area contributed by atoms with Gasteiger partial charge in [-0.3, -0.25) is 14.1 Å². The maximum atomic E-state index is 12.1. The second kappa shape index (κ2) is 6.03. The first-order chi connectivity index (χ1) is 9.38. The molecular weight excluding hydrogens is 274 g/mol. The third kappa shape index (κ3) is 3.26. The Balaban J connectivity index is 2.31. The van der Waals surface area contributed by atoms with Crippen molar-refractivity contribution in [3.63, 3.8) is 0 Å². The molecule has 2 rings (SSSR count). The third-order valence-electron chi connectivity index (χ3n) is 3.22. The van der Waals surface area contributed by atoms with Gasteiger partial charge in [0.05, 0.1) is 11.8 Å². The van der Waals surface area contributed by atoms with Crippen molar-refractivity contribution in [1.29, 1.82) is 0 Å². The first kappa shape index (κ1) is 15.2. The van der Waals surface area contributed by atoms with E-state index in [2.05, 4.69) is 23.7 Å². The maximum Gasteiger partial charge on any atom is 0.259 e. The van der Waals surface area contributed by atoms with Gasteiger partial charge in [0, 0.05) is 36.3 Å². The normalized spacial score (nSPS) is 13.6. The first-order valence-electron chi connectivity index (χ1n) is 6.77. The molecule has 0 aliphatic carbocycles. The average Bonchev–Trinajstić information content (AvgIpc) is 2.69. The minimum absolute atomic E-state index is 0.0375. The van der Waals surface area contributed by atoms with Crippen molar-refractivity contribution in [2.45, 2.75) is 46.4 Å². The average molecular weight is 295 g/mol. The largest absolute Gasteiger partial charge is 0.392 e. The van der Waals surface area contributed by atoms with Gasteiger partial charge in [-0.15, -0.1) is 11.3 Å². The van der Waals surface area contributed by atoms with Gasteiger partial charge in [0.1, 0.15) is 0 Å². The Morgan fingerprint density at radius 2 is 2.15 bits per heavy atom. The molecule has 20 heavy (non-hydrogen) atoms. The zero-order chi connectivity index (χ0) is 14.9. The molecule has 0 saturated carbocycles. The summed E-state index contributed by atoms with van der Waals surface area (Å²) in [6.45, 7) is 8.96. The SMILES string of the molecule is Cc1csc2nc(CN(CC(C)O)C(C)C)cc(=O)n12. The number of aryl methyl sites for hydroxylation is 1. The third-order valence-corrected chi connectivity index (χ3v) is 4.17. The highest BCUT2D eigenvalue weighted by Crippen LogP contribution is 2.13. The lowest BCUT2D eigenvalue weighted by Crippen LogP contribution is -2.36. The monoisotopic (exact) mass is 295 g/mol. The summed E-state index contributed by atoms with van der Waals surface area (Å²) < 4.78 is 1.63. The van der Waals surface area contributed by atoms with E-state index in [1.165, 1.54) is 11.3 Å². The molecular formula is C14H21N3O2S. The van der Waals surface area contributed by atoms with Gasteiger partial charge in [-0.25, -0.2) is 4.98 Å². The lowest BCUT2D eigenvalue weighted by atomic mass is 10.2. The number of aliphatic hydroxyl groups excluding tert-OH is 1. The van der Waals surface area contributed by atoms with Crippen LogP contribution in [0, 0.1) is 6.92 Å². The van der Waals surface area contributed by atoms with Gasteiger partial charge in [0.2, 0.25) is 0 Å². The van der Waals surface area contributed by atoms with Crippen molar-refractivity contribution < 1.29 is 5.11 Å². The predicted octanol–water partition coefficient (Wildman–Crippen LogP) is 1.66. The Morgan fingerprint density at radius 1 is 1.45 bits per heavy atom. The summed E-state index contributed by atoms with van der Waals surface area (Å²) in [5, 5.41) is 11.5. The Hall–Kier alpha value is -1.24. The smallest absolute Gasteiger partial charge is 0.259 e. The van der Waals surface area contributed by atoms with Crippen LogP contribution in [-0.2, 0) is 6.54 Å². The number of hydrogen-bond acceptors (Lipinski definition) is 5. The quantitative estimate of drug-likeness (QED) is 0.911. The number of aliphatic hydroxyl groups is 1. The van der Waals surface area contributed by atoms with E-state index in [-0.39, 0.29) is 11.6 Å². The number of rotatable bonds is 5. The minimum Gasteiger partial charge on any atom is -0.392 e. The van der Waals surface area contributed by atoms with E-state index in [0.717, 1.165) is 16.3 Å². The van der Waals surface area contributed by atoms with E-state index < -0.39 is 6.10 Å². The van der Waals surface area contributed by atoms with Gasteiger partial charge in [0.15, 0.2) is 4.96 Å². The Labute approximate surface area is 122 Å². The highest BCUT2D eigenvalue weighted by Gasteiger charge is 2.15. The molecule has 0 saturated heterocycles. The van der Waals surface area contributed by atoms with Gasteiger partial charge < -0.3 is 5.11 Å². The van der Waals surface area contributed by atoms with Gasteiger partial charge in [-0.2, -0.15) is 0 Å². The fourth-order valence-corrected chi connectivity index (χ4v) is 3.08. The second-order valence-corrected chi connectivity index (χ2v) is 6.29. The molecule has 0 aliphatic rings. The van der Waals surface area contributed by atoms with E-state index in [9.17, 15) is 9.90 Å². The van der Waals surface area contributed by atoms with Crippen LogP contribution in [0.3, 0.4) is 0 Å². The van der Waals surface area contributed by atoms with Gasteiger partial charge in [0.25, 0.3) is 5.56 Å². The topological polar surface area (TPSA) is 57.8 Å². The standard InChI is InChI=1S/C14H21N3O2S/c1-9(2)16(6-11(4)18)7-12-5-13(19)17-10(3)8-20-14(17)15-12/h5,8-9,11,18H,6-7H2,1-4H3. The molecule has 2 aromatic rings. The number of thiazole rings is 1. The van der Waals surface area contributed by atoms with E-state index in [4.69, 9.17) is 0 Å². The summed E-state index contributed by atoms with van der Waals surface area (Å²) in [6.07, 6.45) is -0.397. The van der Waals surface area contributed by atoms with Crippen LogP contribution < -0.4 is 5.56 Å². The molecule has 5 nitrogen and oxygen atoms in total. The lowest BCUT2D eigenvalue weighted by molar-refractivity contribution is 0.102. The fraction of sp³-hybridized carbons (Fsp3) is 0.571. The van der Waals surface area contributed by atoms with Crippen LogP contribution in [0.2, 0.25) is 0 Å². The fourth-order valence-electron chi connectivity index (χ4n) is 2.19. The Morgan fingerprint density at radius 3 is 2.75 bits per heavy atom. The van der Waals surface area contributed by atoms with Gasteiger partial charge in [-0.1, -0.05) is 0 Å². The summed E-state index contributed by atoms with van der Waals surface area (Å²) in [7, 11) is 0. The van der Waals surface area contributed by atoms with Crippen LogP contribution in [0.25, 0.3) is 4.96 Å². The number of aromatic nitrogens is 2. The molecule has 1 atom stereocenters. The second-order valence-electron chi connectivity index (χ2n) is 5.45. The highest BCUT2D eigenvalue weighted by atomic mass is 32.1. The minimum atomic E-state index is -0.397. The Kier molecular flexibility index (Phi) is 4.57. The predicted molar refractivity (Wildman–Crippen MR) is 81.3 cm³/mol. The molecule has 0 bridgehead atoms. The Bertz CT molecular complexity index is 645. The van der Waals surface area contributed by atoms with Crippen LogP contribution in [0.15, 0.2) is 16.2 Å². The molecule has 110 valence electrons. The lowest BCUT2D eigenvalue weighted by Gasteiger charge is -2.27. The molecule has 0 radical (unpaired) electrons. The molecule has 0 aliphatic heterocycles. The van der Waals surface area contributed by atoms with Crippen LogP contribution in [-0.4, -0.2) is 38.1 Å². The van der Waals surface area contributed by atoms with Crippen molar-refractivity contribution in [3.8, 4) is 0 Å². The van der Waals surface area contributed by atoms with Crippen molar-refractivity contribution in [2.75, 3.05) is 6.54 Å². The van der Waals surface area contributed by atoms with Crippen LogP contribution in [0.4, 0.5) is 0 Å². The molecule has 0 amide bonds. The van der Waals surface area contributed by atoms with Crippen molar-refractivity contribution in [1.82, 2.24) is 14.3 Å². The van der Waals surface area contributed by atoms with Crippen LogP contribution >= 0.6 is 11.3 Å². The molecule has 6 heteroatoms. The number of hydrogen-bond donors (Lipinski definition) is 1. The molecule has 0 fully saturated rings. The molecule has 2 heterocycles. The van der Waals surface area contributed by atoms with E-state index in [0.29, 0.717) is 13.1 Å². The molecule has 0 aromatic carbocycles. The van der Waals surface area contributed by atoms with E-state index in [1.807, 2.05) is 12.3 Å². The molecule has 1 N–H and O–H groups in total. The van der Waals surface area contributed by atoms with Crippen LogP contribution in [0.1, 0.15) is 32.2 Å². The summed E-state index contributed by atoms with van der Waals surface area (Å²) in [4.78, 5) is 19.5. The van der Waals surface area contributed by atoms with E-state index >= 15 is 0 Å². The zero-order valence-corrected chi connectivity index (χ0v) is 13.1. The van der Waals surface area contributed by atoms with Gasteiger partial charge >= 0.3 is 0 Å². The van der Waals surface area contributed by atoms with Crippen LogP contribution in [0.5, 0.6) is 0 Å². The highest BCUT2D eigenvalue weighted by molar-refractivity contribution is 7.15. The molecule has 1 unspecified atom stereocenters. The summed E-state index contributed by atoms with van der Waals surface area (Å²) in [5.74, 6) is 0. The van der Waals surface area contributed by atoms with Crippen molar-refractivity contribution in [3.05, 3.63) is 33.2 Å². The molecule has 2 aromatic heterocycles. The first-order valence-corrected chi connectivity index (χ1v) is 7.65. The van der Waals surface area contributed by atoms with Gasteiger partial charge in [-0.05, 0) is 27.7 Å². The van der Waals surface area contributed by atoms with Crippen molar-refractivity contribution >= 4 is 16.3 Å². The van der Waals surface area contributed by atoms with Crippen molar-refractivity contribution in [2.24, 2.45) is 0 Å². The summed E-state index contributed by atoms with van der Waals surface area (Å²) in [5.41, 5.74) is 1.63. The van der Waals surface area contributed by atoms with E-state index in [1.54, 1.807) is 17.4 Å². The number of fused-ring (bicyclic) bond motifs is 1. The number of nitrogens with zero attached hydrogens (tertiary/aromatic N) is 3. The zero-order valence-electron chi connectivity index (χ0n) is 12.3. The maximum absolute atomic E-state index is 12.1. The molecule has 0 spiro atoms. The summed E-state index contributed by atoms with van der Waals surface area (Å²) in [6, 6.07) is 1.87. The summed E-state index contributed by atoms with van der Waals surface area (Å²) >= 11 is 1.48.